The predicted molar refractivity (Wildman–Crippen MR) is 119 cm³/mol. The molecule has 0 aliphatic heterocycles. The summed E-state index contributed by atoms with van der Waals surface area (Å²) in [5.41, 5.74) is 6.95. The number of halogens is 1. The lowest BCUT2D eigenvalue weighted by Crippen LogP contribution is -2.29. The van der Waals surface area contributed by atoms with Gasteiger partial charge in [-0.2, -0.15) is 0 Å². The molecule has 0 spiro atoms. The fourth-order valence-electron chi connectivity index (χ4n) is 6.16. The van der Waals surface area contributed by atoms with Gasteiger partial charge in [-0.3, -0.25) is 0 Å². The molecule has 3 unspecified atom stereocenters. The molecule has 0 bridgehead atoms. The molecule has 0 saturated carbocycles. The molecule has 0 fully saturated rings. The minimum atomic E-state index is 0.366. The topological polar surface area (TPSA) is 0 Å². The molecule has 5 aliphatic carbocycles. The van der Waals surface area contributed by atoms with Crippen LogP contribution in [0, 0.1) is 29.1 Å². The highest BCUT2D eigenvalue weighted by molar-refractivity contribution is 14.1. The quantitative estimate of drug-likeness (QED) is 0.224. The van der Waals surface area contributed by atoms with Gasteiger partial charge in [0.15, 0.2) is 0 Å². The van der Waals surface area contributed by atoms with Crippen molar-refractivity contribution in [1.82, 2.24) is 0 Å². The van der Waals surface area contributed by atoms with Crippen molar-refractivity contribution >= 4 is 22.6 Å². The Bertz CT molecular complexity index is 798. The smallest absolute Gasteiger partial charge is 0.0295 e. The van der Waals surface area contributed by atoms with Crippen LogP contribution in [0.5, 0.6) is 0 Å². The second-order valence-electron chi connectivity index (χ2n) is 9.34. The van der Waals surface area contributed by atoms with Crippen molar-refractivity contribution in [3.8, 4) is 0 Å². The van der Waals surface area contributed by atoms with Gasteiger partial charge in [0.05, 0.1) is 0 Å². The monoisotopic (exact) mass is 456 g/mol. The summed E-state index contributed by atoms with van der Waals surface area (Å²) in [7, 11) is 0. The lowest BCUT2D eigenvalue weighted by atomic mass is 9.66. The second kappa shape index (κ2) is 6.36. The van der Waals surface area contributed by atoms with Gasteiger partial charge >= 0.3 is 0 Å². The normalized spacial score (nSPS) is 39.9. The maximum Gasteiger partial charge on any atom is 0.0295 e. The third-order valence-corrected chi connectivity index (χ3v) is 8.58. The first kappa shape index (κ1) is 17.3. The van der Waals surface area contributed by atoms with Crippen molar-refractivity contribution < 1.29 is 0 Å². The first-order chi connectivity index (χ1) is 12.5. The van der Waals surface area contributed by atoms with Crippen molar-refractivity contribution in [2.45, 2.75) is 49.9 Å². The molecule has 0 heterocycles. The summed E-state index contributed by atoms with van der Waals surface area (Å²) < 4.78 is 0.702. The molecule has 0 amide bonds. The molecule has 0 aromatic rings. The third kappa shape index (κ3) is 2.68. The number of fused-ring (bicyclic) bond motifs is 3. The Morgan fingerprint density at radius 3 is 2.88 bits per heavy atom. The van der Waals surface area contributed by atoms with Gasteiger partial charge in [-0.05, 0) is 72.0 Å². The zero-order valence-electron chi connectivity index (χ0n) is 15.9. The van der Waals surface area contributed by atoms with E-state index in [1.165, 1.54) is 37.7 Å². The Balaban J connectivity index is 1.42. The van der Waals surface area contributed by atoms with Gasteiger partial charge in [-0.25, -0.2) is 0 Å². The van der Waals surface area contributed by atoms with Gasteiger partial charge in [-0.15, -0.1) is 0 Å². The molecule has 5 aliphatic rings. The van der Waals surface area contributed by atoms with E-state index in [-0.39, 0.29) is 0 Å². The summed E-state index contributed by atoms with van der Waals surface area (Å²) >= 11 is 2.57. The average Bonchev–Trinajstić information content (AvgIpc) is 2.89. The van der Waals surface area contributed by atoms with Crippen molar-refractivity contribution in [3.05, 3.63) is 70.9 Å². The Kier molecular flexibility index (Phi) is 4.23. The van der Waals surface area contributed by atoms with E-state index in [9.17, 15) is 0 Å². The summed E-state index contributed by atoms with van der Waals surface area (Å²) in [6.45, 7) is 5.03. The molecule has 26 heavy (non-hydrogen) atoms. The number of hydrogen-bond donors (Lipinski definition) is 0. The van der Waals surface area contributed by atoms with Crippen LogP contribution in [-0.2, 0) is 0 Å². The van der Waals surface area contributed by atoms with E-state index in [4.69, 9.17) is 0 Å². The van der Waals surface area contributed by atoms with Gasteiger partial charge in [0.2, 0.25) is 0 Å². The molecule has 0 radical (unpaired) electrons. The number of hydrogen-bond acceptors (Lipinski definition) is 0. The molecule has 0 aromatic heterocycles. The highest BCUT2D eigenvalue weighted by Gasteiger charge is 2.48. The fraction of sp³-hybridized carbons (Fsp3) is 0.520. The van der Waals surface area contributed by atoms with Crippen LogP contribution in [0.4, 0.5) is 0 Å². The molecule has 0 nitrogen and oxygen atoms in total. The van der Waals surface area contributed by atoms with Gasteiger partial charge in [0, 0.05) is 9.84 Å². The zero-order valence-corrected chi connectivity index (χ0v) is 18.1. The van der Waals surface area contributed by atoms with E-state index in [2.05, 4.69) is 85.0 Å². The van der Waals surface area contributed by atoms with Gasteiger partial charge in [-0.1, -0.05) is 90.6 Å². The van der Waals surface area contributed by atoms with Crippen molar-refractivity contribution in [2.75, 3.05) is 0 Å². The molecule has 0 saturated heterocycles. The Hall–Kier alpha value is -0.830. The molecule has 0 aromatic carbocycles. The van der Waals surface area contributed by atoms with Crippen LogP contribution in [-0.4, -0.2) is 3.92 Å². The Morgan fingerprint density at radius 2 is 2.00 bits per heavy atom. The van der Waals surface area contributed by atoms with Crippen molar-refractivity contribution in [1.29, 1.82) is 0 Å². The molecule has 5 rings (SSSR count). The minimum Gasteiger partial charge on any atom is -0.0839 e. The van der Waals surface area contributed by atoms with Crippen LogP contribution in [0.15, 0.2) is 70.9 Å². The largest absolute Gasteiger partial charge is 0.0839 e. The van der Waals surface area contributed by atoms with Crippen LogP contribution in [0.2, 0.25) is 0 Å². The van der Waals surface area contributed by atoms with E-state index in [1.807, 2.05) is 0 Å². The van der Waals surface area contributed by atoms with Gasteiger partial charge in [0.25, 0.3) is 0 Å². The number of alkyl halides is 1. The first-order valence-corrected chi connectivity index (χ1v) is 11.6. The van der Waals surface area contributed by atoms with Gasteiger partial charge in [0.1, 0.15) is 0 Å². The average molecular weight is 456 g/mol. The lowest BCUT2D eigenvalue weighted by Gasteiger charge is -2.38. The SMILES string of the molecule is CC1(C)C2=C(C=CCC2)C2CC=C(C3=C[C@@H]4C=C[C@H](I)CC4C=C3)CC21. The lowest BCUT2D eigenvalue weighted by molar-refractivity contribution is 0.221. The van der Waals surface area contributed by atoms with E-state index in [0.29, 0.717) is 21.2 Å². The zero-order chi connectivity index (χ0) is 17.9. The highest BCUT2D eigenvalue weighted by atomic mass is 127. The number of rotatable bonds is 1. The molecule has 1 heteroatoms. The van der Waals surface area contributed by atoms with Crippen LogP contribution >= 0.6 is 22.6 Å². The minimum absolute atomic E-state index is 0.366. The van der Waals surface area contributed by atoms with E-state index >= 15 is 0 Å². The Labute approximate surface area is 172 Å². The summed E-state index contributed by atoms with van der Waals surface area (Å²) in [6.07, 6.45) is 26.1. The number of allylic oxidation sites excluding steroid dienone is 12. The predicted octanol–water partition coefficient (Wildman–Crippen LogP) is 7.12. The molecular weight excluding hydrogens is 427 g/mol. The maximum absolute atomic E-state index is 2.57. The summed E-state index contributed by atoms with van der Waals surface area (Å²) in [5, 5.41) is 0. The molecular formula is C25H29I. The van der Waals surface area contributed by atoms with Crippen LogP contribution in [0.25, 0.3) is 0 Å². The van der Waals surface area contributed by atoms with Crippen LogP contribution in [0.1, 0.15) is 46.0 Å². The maximum atomic E-state index is 2.57. The summed E-state index contributed by atoms with van der Waals surface area (Å²) in [4.78, 5) is 0. The summed E-state index contributed by atoms with van der Waals surface area (Å²) in [6, 6.07) is 0. The van der Waals surface area contributed by atoms with Crippen molar-refractivity contribution in [2.24, 2.45) is 29.1 Å². The third-order valence-electron chi connectivity index (χ3n) is 7.65. The Morgan fingerprint density at radius 1 is 1.12 bits per heavy atom. The van der Waals surface area contributed by atoms with Crippen molar-refractivity contribution in [3.63, 3.8) is 0 Å². The second-order valence-corrected chi connectivity index (χ2v) is 10.9. The van der Waals surface area contributed by atoms with Gasteiger partial charge < -0.3 is 0 Å². The fourth-order valence-corrected chi connectivity index (χ4v) is 6.99. The van der Waals surface area contributed by atoms with Crippen LogP contribution < -0.4 is 0 Å². The highest BCUT2D eigenvalue weighted by Crippen LogP contribution is 2.59. The summed E-state index contributed by atoms with van der Waals surface area (Å²) in [5.74, 6) is 2.87. The standard InChI is InChI=1S/C25H29I/c1-25(2)23-6-4-3-5-21(23)22-12-10-19(15-24(22)25)16-7-8-18-14-20(26)11-9-17(18)13-16/h3,5,7-11,13,17-18,20,22,24H,4,6,12,14-15H2,1-2H3/t17-,18?,20-,22?,24?/m0/s1. The molecule has 136 valence electrons. The van der Waals surface area contributed by atoms with E-state index < -0.39 is 0 Å². The molecule has 5 atom stereocenters. The van der Waals surface area contributed by atoms with E-state index in [0.717, 1.165) is 11.8 Å². The molecule has 0 N–H and O–H groups in total. The van der Waals surface area contributed by atoms with E-state index in [1.54, 1.807) is 16.7 Å². The first-order valence-electron chi connectivity index (χ1n) is 10.4. The van der Waals surface area contributed by atoms with Crippen LogP contribution in [0.3, 0.4) is 0 Å².